The smallest absolute Gasteiger partial charge is 0.251 e. The number of benzene rings is 2. The number of hydrogen-bond acceptors (Lipinski definition) is 3. The van der Waals surface area contributed by atoms with E-state index in [0.717, 1.165) is 5.56 Å². The highest BCUT2D eigenvalue weighted by Gasteiger charge is 2.09. The molecule has 2 rings (SSSR count). The molecule has 0 fully saturated rings. The van der Waals surface area contributed by atoms with Crippen molar-refractivity contribution in [3.8, 4) is 5.75 Å². The Labute approximate surface area is 145 Å². The van der Waals surface area contributed by atoms with Crippen LogP contribution in [0.4, 0.5) is 5.69 Å². The molecular weight excluding hydrogens is 328 g/mol. The highest BCUT2D eigenvalue weighted by molar-refractivity contribution is 6.34. The van der Waals surface area contributed by atoms with E-state index in [2.05, 4.69) is 10.6 Å². The van der Waals surface area contributed by atoms with Crippen molar-refractivity contribution in [2.75, 3.05) is 19.5 Å². The van der Waals surface area contributed by atoms with Gasteiger partial charge in [-0.25, -0.2) is 0 Å². The number of anilines is 1. The van der Waals surface area contributed by atoms with Crippen LogP contribution in [0.2, 0.25) is 5.02 Å². The van der Waals surface area contributed by atoms with E-state index in [0.29, 0.717) is 22.0 Å². The molecule has 0 heterocycles. The highest BCUT2D eigenvalue weighted by Crippen LogP contribution is 2.23. The largest absolute Gasteiger partial charge is 0.497 e. The number of carbonyl (C=O) groups is 2. The molecule has 2 aromatic rings. The first kappa shape index (κ1) is 17.6. The lowest BCUT2D eigenvalue weighted by molar-refractivity contribution is -0.111. The fraction of sp³-hybridized carbons (Fsp3) is 0.111. The number of nitrogens with one attached hydrogen (secondary N) is 2. The van der Waals surface area contributed by atoms with Gasteiger partial charge < -0.3 is 15.4 Å². The van der Waals surface area contributed by atoms with Crippen LogP contribution >= 0.6 is 11.6 Å². The Morgan fingerprint density at radius 2 is 1.96 bits per heavy atom. The number of ether oxygens (including phenoxy) is 1. The third-order valence-corrected chi connectivity index (χ3v) is 3.56. The van der Waals surface area contributed by atoms with Crippen LogP contribution in [0, 0.1) is 0 Å². The second-order valence-corrected chi connectivity index (χ2v) is 5.28. The third-order valence-electron chi connectivity index (χ3n) is 3.23. The van der Waals surface area contributed by atoms with E-state index < -0.39 is 0 Å². The van der Waals surface area contributed by atoms with Gasteiger partial charge in [-0.3, -0.25) is 9.59 Å². The molecule has 0 saturated heterocycles. The molecule has 0 aliphatic heterocycles. The lowest BCUT2D eigenvalue weighted by atomic mass is 10.1. The zero-order valence-corrected chi connectivity index (χ0v) is 14.1. The molecule has 124 valence electrons. The summed E-state index contributed by atoms with van der Waals surface area (Å²) >= 11 is 6.06. The fourth-order valence-corrected chi connectivity index (χ4v) is 2.16. The van der Waals surface area contributed by atoms with E-state index in [4.69, 9.17) is 16.3 Å². The Morgan fingerprint density at radius 1 is 1.17 bits per heavy atom. The maximum absolute atomic E-state index is 12.1. The lowest BCUT2D eigenvalue weighted by Crippen LogP contribution is -2.18. The van der Waals surface area contributed by atoms with Gasteiger partial charge in [0.1, 0.15) is 5.75 Å². The van der Waals surface area contributed by atoms with Crippen LogP contribution in [-0.4, -0.2) is 26.0 Å². The Bertz CT molecular complexity index is 788. The monoisotopic (exact) mass is 344 g/mol. The standard InChI is InChI=1S/C18H17ClN2O3/c1-20-18(23)13-7-8-15(19)16(11-13)21-17(22)9-6-12-4-3-5-14(10-12)24-2/h3-11H,1-2H3,(H,20,23)(H,21,22)/b9-6+. The number of amides is 2. The summed E-state index contributed by atoms with van der Waals surface area (Å²) in [5, 5.41) is 5.53. The molecule has 0 radical (unpaired) electrons. The van der Waals surface area contributed by atoms with E-state index in [1.54, 1.807) is 25.3 Å². The minimum Gasteiger partial charge on any atom is -0.497 e. The Balaban J connectivity index is 2.11. The number of halogens is 1. The van der Waals surface area contributed by atoms with Crippen LogP contribution in [0.5, 0.6) is 5.75 Å². The lowest BCUT2D eigenvalue weighted by Gasteiger charge is -2.07. The van der Waals surface area contributed by atoms with Crippen molar-refractivity contribution in [3.05, 3.63) is 64.7 Å². The second-order valence-electron chi connectivity index (χ2n) is 4.87. The van der Waals surface area contributed by atoms with Gasteiger partial charge in [0.15, 0.2) is 0 Å². The summed E-state index contributed by atoms with van der Waals surface area (Å²) in [6.07, 6.45) is 3.05. The topological polar surface area (TPSA) is 67.4 Å². The van der Waals surface area contributed by atoms with Crippen molar-refractivity contribution in [1.29, 1.82) is 0 Å². The second kappa shape index (κ2) is 8.17. The molecule has 0 spiro atoms. The van der Waals surface area contributed by atoms with Crippen LogP contribution in [0.15, 0.2) is 48.5 Å². The third kappa shape index (κ3) is 4.60. The number of carbonyl (C=O) groups excluding carboxylic acids is 2. The first-order valence-corrected chi connectivity index (χ1v) is 7.56. The predicted molar refractivity (Wildman–Crippen MR) is 95.5 cm³/mol. The summed E-state index contributed by atoms with van der Waals surface area (Å²) in [5.74, 6) is 0.0988. The molecule has 0 unspecified atom stereocenters. The summed E-state index contributed by atoms with van der Waals surface area (Å²) in [6, 6.07) is 12.0. The molecule has 0 saturated carbocycles. The first-order valence-electron chi connectivity index (χ1n) is 7.18. The Morgan fingerprint density at radius 3 is 2.67 bits per heavy atom. The summed E-state index contributed by atoms with van der Waals surface area (Å²) in [6.45, 7) is 0. The normalized spacial score (nSPS) is 10.5. The van der Waals surface area contributed by atoms with Gasteiger partial charge in [-0.05, 0) is 42.0 Å². The van der Waals surface area contributed by atoms with Gasteiger partial charge in [0.2, 0.25) is 5.91 Å². The predicted octanol–water partition coefficient (Wildman–Crippen LogP) is 3.36. The van der Waals surface area contributed by atoms with Crippen LogP contribution in [-0.2, 0) is 4.79 Å². The van der Waals surface area contributed by atoms with Gasteiger partial charge in [0.05, 0.1) is 17.8 Å². The van der Waals surface area contributed by atoms with Gasteiger partial charge in [-0.15, -0.1) is 0 Å². The molecule has 2 aromatic carbocycles. The van der Waals surface area contributed by atoms with E-state index in [1.165, 1.54) is 19.2 Å². The van der Waals surface area contributed by atoms with E-state index >= 15 is 0 Å². The van der Waals surface area contributed by atoms with Crippen molar-refractivity contribution in [2.24, 2.45) is 0 Å². The molecular formula is C18H17ClN2O3. The van der Waals surface area contributed by atoms with Crippen LogP contribution < -0.4 is 15.4 Å². The molecule has 2 N–H and O–H groups in total. The minimum absolute atomic E-state index is 0.255. The van der Waals surface area contributed by atoms with Gasteiger partial charge in [-0.1, -0.05) is 23.7 Å². The maximum atomic E-state index is 12.1. The van der Waals surface area contributed by atoms with Crippen molar-refractivity contribution < 1.29 is 14.3 Å². The van der Waals surface area contributed by atoms with Crippen molar-refractivity contribution in [2.45, 2.75) is 0 Å². The van der Waals surface area contributed by atoms with Crippen LogP contribution in [0.1, 0.15) is 15.9 Å². The van der Waals surface area contributed by atoms with Gasteiger partial charge in [0, 0.05) is 18.7 Å². The van der Waals surface area contributed by atoms with Gasteiger partial charge in [-0.2, -0.15) is 0 Å². The maximum Gasteiger partial charge on any atom is 0.251 e. The molecule has 0 aliphatic rings. The zero-order valence-electron chi connectivity index (χ0n) is 13.3. The van der Waals surface area contributed by atoms with Crippen LogP contribution in [0.25, 0.3) is 6.08 Å². The number of methoxy groups -OCH3 is 1. The quantitative estimate of drug-likeness (QED) is 0.817. The summed E-state index contributed by atoms with van der Waals surface area (Å²) in [7, 11) is 3.11. The zero-order chi connectivity index (χ0) is 17.5. The molecule has 24 heavy (non-hydrogen) atoms. The average molecular weight is 345 g/mol. The molecule has 0 bridgehead atoms. The van der Waals surface area contributed by atoms with Gasteiger partial charge in [0.25, 0.3) is 5.91 Å². The molecule has 0 aromatic heterocycles. The molecule has 0 atom stereocenters. The van der Waals surface area contributed by atoms with E-state index in [9.17, 15) is 9.59 Å². The van der Waals surface area contributed by atoms with Crippen LogP contribution in [0.3, 0.4) is 0 Å². The first-order chi connectivity index (χ1) is 11.5. The summed E-state index contributed by atoms with van der Waals surface area (Å²) < 4.78 is 5.13. The van der Waals surface area contributed by atoms with Crippen molar-refractivity contribution >= 4 is 35.2 Å². The van der Waals surface area contributed by atoms with E-state index in [1.807, 2.05) is 24.3 Å². The molecule has 6 heteroatoms. The Hall–Kier alpha value is -2.79. The highest BCUT2D eigenvalue weighted by atomic mass is 35.5. The SMILES string of the molecule is CNC(=O)c1ccc(Cl)c(NC(=O)/C=C/c2cccc(OC)c2)c1. The average Bonchev–Trinajstić information content (AvgIpc) is 2.61. The molecule has 5 nitrogen and oxygen atoms in total. The number of rotatable bonds is 5. The van der Waals surface area contributed by atoms with E-state index in [-0.39, 0.29) is 11.8 Å². The van der Waals surface area contributed by atoms with Gasteiger partial charge >= 0.3 is 0 Å². The number of hydrogen-bond donors (Lipinski definition) is 2. The molecule has 0 aliphatic carbocycles. The van der Waals surface area contributed by atoms with Crippen molar-refractivity contribution in [1.82, 2.24) is 5.32 Å². The fourth-order valence-electron chi connectivity index (χ4n) is 2.00. The van der Waals surface area contributed by atoms with Crippen molar-refractivity contribution in [3.63, 3.8) is 0 Å². The minimum atomic E-state index is -0.353. The Kier molecular flexibility index (Phi) is 5.98. The summed E-state index contributed by atoms with van der Waals surface area (Å²) in [5.41, 5.74) is 1.61. The summed E-state index contributed by atoms with van der Waals surface area (Å²) in [4.78, 5) is 23.7. The molecule has 2 amide bonds.